The molecule has 0 saturated heterocycles. The lowest BCUT2D eigenvalue weighted by molar-refractivity contribution is 0.871. The molecule has 2 aromatic carbocycles. The van der Waals surface area contributed by atoms with Crippen LogP contribution in [0, 0.1) is 18.8 Å². The van der Waals surface area contributed by atoms with Gasteiger partial charge in [-0.15, -0.1) is 11.3 Å². The Hall–Kier alpha value is -3.81. The highest BCUT2D eigenvalue weighted by atomic mass is 32.1. The van der Waals surface area contributed by atoms with Crippen LogP contribution >= 0.6 is 11.3 Å². The van der Waals surface area contributed by atoms with E-state index >= 15 is 0 Å². The van der Waals surface area contributed by atoms with Crippen LogP contribution in [0.2, 0.25) is 0 Å². The fourth-order valence-corrected chi connectivity index (χ4v) is 4.52. The molecular weight excluding hydrogens is 410 g/mol. The van der Waals surface area contributed by atoms with Crippen molar-refractivity contribution in [1.29, 1.82) is 0 Å². The van der Waals surface area contributed by atoms with Gasteiger partial charge in [-0.3, -0.25) is 4.40 Å². The zero-order chi connectivity index (χ0) is 21.9. The number of hydrogen-bond donors (Lipinski definition) is 1. The number of anilines is 1. The third-order valence-corrected chi connectivity index (χ3v) is 6.39. The number of aryl methyl sites for hydroxylation is 1. The van der Waals surface area contributed by atoms with Gasteiger partial charge in [0.05, 0.1) is 9.75 Å². The second-order valence-corrected chi connectivity index (χ2v) is 8.88. The lowest BCUT2D eigenvalue weighted by Gasteiger charge is -2.16. The van der Waals surface area contributed by atoms with Crippen molar-refractivity contribution in [1.82, 2.24) is 9.38 Å². The van der Waals surface area contributed by atoms with Crippen molar-refractivity contribution in [2.45, 2.75) is 19.9 Å². The van der Waals surface area contributed by atoms with Crippen LogP contribution in [0.25, 0.3) is 16.2 Å². The Balaban J connectivity index is 1.53. The molecule has 4 heteroatoms. The quantitative estimate of drug-likeness (QED) is 0.311. The first-order valence-corrected chi connectivity index (χ1v) is 11.5. The molecule has 5 aromatic rings. The zero-order valence-corrected chi connectivity index (χ0v) is 18.9. The Morgan fingerprint density at radius 3 is 2.44 bits per heavy atom. The Bertz CT molecular complexity index is 1420. The molecule has 0 fully saturated rings. The molecular formula is C28H23N3S. The fourth-order valence-electron chi connectivity index (χ4n) is 3.67. The maximum absolute atomic E-state index is 4.98. The first-order valence-electron chi connectivity index (χ1n) is 10.6. The first kappa shape index (κ1) is 20.1. The van der Waals surface area contributed by atoms with Crippen molar-refractivity contribution in [3.63, 3.8) is 0 Å². The Labute approximate surface area is 192 Å². The van der Waals surface area contributed by atoms with Gasteiger partial charge in [-0.2, -0.15) is 0 Å². The summed E-state index contributed by atoms with van der Waals surface area (Å²) in [4.78, 5) is 7.12. The number of imidazole rings is 1. The Morgan fingerprint density at radius 1 is 0.906 bits per heavy atom. The van der Waals surface area contributed by atoms with Crippen LogP contribution in [0.4, 0.5) is 5.82 Å². The van der Waals surface area contributed by atoms with E-state index < -0.39 is 0 Å². The van der Waals surface area contributed by atoms with Crippen molar-refractivity contribution in [2.75, 3.05) is 5.32 Å². The van der Waals surface area contributed by atoms with Crippen molar-refractivity contribution >= 4 is 22.8 Å². The summed E-state index contributed by atoms with van der Waals surface area (Å²) in [5.74, 6) is 7.54. The highest BCUT2D eigenvalue weighted by molar-refractivity contribution is 7.16. The van der Waals surface area contributed by atoms with Crippen LogP contribution in [0.15, 0.2) is 91.1 Å². The second kappa shape index (κ2) is 8.74. The minimum Gasteiger partial charge on any atom is -0.363 e. The van der Waals surface area contributed by atoms with Crippen LogP contribution in [-0.2, 0) is 0 Å². The van der Waals surface area contributed by atoms with Crippen molar-refractivity contribution in [2.24, 2.45) is 0 Å². The van der Waals surface area contributed by atoms with Gasteiger partial charge in [-0.1, -0.05) is 60.4 Å². The molecule has 0 aliphatic heterocycles. The normalized spacial score (nSPS) is 11.7. The van der Waals surface area contributed by atoms with E-state index in [0.717, 1.165) is 32.5 Å². The van der Waals surface area contributed by atoms with E-state index in [0.29, 0.717) is 0 Å². The van der Waals surface area contributed by atoms with Gasteiger partial charge in [0.25, 0.3) is 0 Å². The summed E-state index contributed by atoms with van der Waals surface area (Å²) < 4.78 is 2.14. The predicted molar refractivity (Wildman–Crippen MR) is 134 cm³/mol. The van der Waals surface area contributed by atoms with Crippen LogP contribution in [0.3, 0.4) is 0 Å². The number of nitrogens with zero attached hydrogens (tertiary/aromatic N) is 2. The molecule has 1 atom stereocenters. The van der Waals surface area contributed by atoms with E-state index in [1.165, 1.54) is 11.1 Å². The maximum Gasteiger partial charge on any atom is 0.140 e. The average molecular weight is 434 g/mol. The molecule has 0 amide bonds. The summed E-state index contributed by atoms with van der Waals surface area (Å²) in [5.41, 5.74) is 5.34. The highest BCUT2D eigenvalue weighted by Crippen LogP contribution is 2.35. The summed E-state index contributed by atoms with van der Waals surface area (Å²) in [6, 6.07) is 29.1. The molecule has 0 spiro atoms. The zero-order valence-electron chi connectivity index (χ0n) is 18.0. The molecule has 0 bridgehead atoms. The van der Waals surface area contributed by atoms with Gasteiger partial charge >= 0.3 is 0 Å². The molecule has 0 aliphatic rings. The van der Waals surface area contributed by atoms with Gasteiger partial charge in [-0.25, -0.2) is 4.98 Å². The van der Waals surface area contributed by atoms with Gasteiger partial charge in [0.2, 0.25) is 0 Å². The number of pyridine rings is 1. The molecule has 1 unspecified atom stereocenters. The Kier molecular flexibility index (Phi) is 5.49. The highest BCUT2D eigenvalue weighted by Gasteiger charge is 2.18. The number of thiophene rings is 1. The third kappa shape index (κ3) is 4.16. The molecule has 0 aliphatic carbocycles. The second-order valence-electron chi connectivity index (χ2n) is 7.80. The van der Waals surface area contributed by atoms with Crippen molar-refractivity contribution in [3.05, 3.63) is 113 Å². The van der Waals surface area contributed by atoms with E-state index in [-0.39, 0.29) is 6.04 Å². The van der Waals surface area contributed by atoms with E-state index in [2.05, 4.69) is 90.1 Å². The topological polar surface area (TPSA) is 29.3 Å². The number of hydrogen-bond acceptors (Lipinski definition) is 3. The largest absolute Gasteiger partial charge is 0.363 e. The molecule has 5 rings (SSSR count). The molecule has 1 N–H and O–H groups in total. The van der Waals surface area contributed by atoms with Crippen LogP contribution < -0.4 is 5.32 Å². The van der Waals surface area contributed by atoms with Gasteiger partial charge in [0.1, 0.15) is 17.2 Å². The molecule has 0 radical (unpaired) electrons. The number of nitrogens with one attached hydrogen (secondary N) is 1. The number of rotatable bonds is 4. The molecule has 3 aromatic heterocycles. The van der Waals surface area contributed by atoms with Gasteiger partial charge in [-0.05, 0) is 61.4 Å². The SMILES string of the molecule is Cc1ccn2c(NC(C)c3ccccc3)c(-c3ccc(C#Cc4ccccc4)s3)nc2c1. The smallest absolute Gasteiger partial charge is 0.140 e. The molecule has 156 valence electrons. The monoisotopic (exact) mass is 433 g/mol. The van der Waals surface area contributed by atoms with Gasteiger partial charge in [0, 0.05) is 17.8 Å². The standard InChI is InChI=1S/C28H23N3S/c1-20-17-18-31-26(19-20)30-27(28(31)29-21(2)23-11-7-4-8-12-23)25-16-15-24(32-25)14-13-22-9-5-3-6-10-22/h3-12,15-19,21,29H,1-2H3. The van der Waals surface area contributed by atoms with Crippen molar-refractivity contribution < 1.29 is 0 Å². The summed E-state index contributed by atoms with van der Waals surface area (Å²) in [6.07, 6.45) is 2.09. The first-order chi connectivity index (χ1) is 15.7. The lowest BCUT2D eigenvalue weighted by Crippen LogP contribution is -2.09. The van der Waals surface area contributed by atoms with Gasteiger partial charge < -0.3 is 5.32 Å². The minimum absolute atomic E-state index is 0.147. The third-order valence-electron chi connectivity index (χ3n) is 5.38. The lowest BCUT2D eigenvalue weighted by atomic mass is 10.1. The van der Waals surface area contributed by atoms with Crippen LogP contribution in [0.1, 0.15) is 34.5 Å². The summed E-state index contributed by atoms with van der Waals surface area (Å²) >= 11 is 1.67. The predicted octanol–water partition coefficient (Wildman–Crippen LogP) is 6.94. The summed E-state index contributed by atoms with van der Waals surface area (Å²) in [6.45, 7) is 4.27. The van der Waals surface area contributed by atoms with E-state index in [9.17, 15) is 0 Å². The van der Waals surface area contributed by atoms with Gasteiger partial charge in [0.15, 0.2) is 0 Å². The number of fused-ring (bicyclic) bond motifs is 1. The average Bonchev–Trinajstić information content (AvgIpc) is 3.43. The van der Waals surface area contributed by atoms with E-state index in [1.54, 1.807) is 11.3 Å². The van der Waals surface area contributed by atoms with E-state index in [1.807, 2.05) is 36.4 Å². The van der Waals surface area contributed by atoms with Crippen LogP contribution in [-0.4, -0.2) is 9.38 Å². The maximum atomic E-state index is 4.98. The summed E-state index contributed by atoms with van der Waals surface area (Å²) in [7, 11) is 0. The molecule has 0 saturated carbocycles. The fraction of sp³-hybridized carbons (Fsp3) is 0.107. The minimum atomic E-state index is 0.147. The molecule has 3 nitrogen and oxygen atoms in total. The number of benzene rings is 2. The number of aromatic nitrogens is 2. The van der Waals surface area contributed by atoms with E-state index in [4.69, 9.17) is 4.98 Å². The molecule has 3 heterocycles. The molecule has 32 heavy (non-hydrogen) atoms. The Morgan fingerprint density at radius 2 is 1.66 bits per heavy atom. The van der Waals surface area contributed by atoms with Crippen molar-refractivity contribution in [3.8, 4) is 22.4 Å². The van der Waals surface area contributed by atoms with Crippen LogP contribution in [0.5, 0.6) is 0 Å². The summed E-state index contributed by atoms with van der Waals surface area (Å²) in [5, 5.41) is 3.71.